The molecule has 1 aromatic heterocycles. The van der Waals surface area contributed by atoms with E-state index in [4.69, 9.17) is 4.74 Å². The highest BCUT2D eigenvalue weighted by Crippen LogP contribution is 2.19. The molecule has 0 aliphatic carbocycles. The summed E-state index contributed by atoms with van der Waals surface area (Å²) in [5.41, 5.74) is 1.74. The lowest BCUT2D eigenvalue weighted by Crippen LogP contribution is -2.40. The Balaban J connectivity index is 1.53. The topological polar surface area (TPSA) is 96.5 Å². The first-order chi connectivity index (χ1) is 11.9. The van der Waals surface area contributed by atoms with Crippen LogP contribution in [0, 0.1) is 0 Å². The van der Waals surface area contributed by atoms with Crippen molar-refractivity contribution in [2.75, 3.05) is 25.2 Å². The Morgan fingerprint density at radius 3 is 2.80 bits per heavy atom. The largest absolute Gasteiger partial charge is 0.455 e. The fraction of sp³-hybridized carbons (Fsp3) is 0.412. The van der Waals surface area contributed by atoms with Crippen LogP contribution in [0.1, 0.15) is 12.0 Å². The van der Waals surface area contributed by atoms with E-state index >= 15 is 0 Å². The van der Waals surface area contributed by atoms with Gasteiger partial charge in [0.25, 0.3) is 5.91 Å². The quantitative estimate of drug-likeness (QED) is 0.795. The minimum absolute atomic E-state index is 0.0292. The molecule has 0 saturated carbocycles. The Labute approximate surface area is 145 Å². The van der Waals surface area contributed by atoms with Crippen LogP contribution in [0.25, 0.3) is 10.9 Å². The molecule has 1 aliphatic rings. The molecular weight excluding hydrogens is 344 g/mol. The summed E-state index contributed by atoms with van der Waals surface area (Å²) in [6.07, 6.45) is 2.25. The van der Waals surface area contributed by atoms with Crippen molar-refractivity contribution in [3.05, 3.63) is 36.0 Å². The molecule has 0 unspecified atom stereocenters. The number of likely N-dealkylation sites (N-methyl/N-ethyl adjacent to an activating group) is 1. The van der Waals surface area contributed by atoms with Gasteiger partial charge in [0.15, 0.2) is 16.4 Å². The van der Waals surface area contributed by atoms with Crippen molar-refractivity contribution in [3.8, 4) is 0 Å². The third kappa shape index (κ3) is 4.01. The van der Waals surface area contributed by atoms with Crippen molar-refractivity contribution in [3.63, 3.8) is 0 Å². The van der Waals surface area contributed by atoms with E-state index in [0.29, 0.717) is 6.42 Å². The summed E-state index contributed by atoms with van der Waals surface area (Å²) in [6.45, 7) is -0.381. The second-order valence-corrected chi connectivity index (χ2v) is 8.49. The van der Waals surface area contributed by atoms with Gasteiger partial charge >= 0.3 is 5.97 Å². The Hall–Kier alpha value is -2.35. The van der Waals surface area contributed by atoms with Gasteiger partial charge in [0.05, 0.1) is 17.9 Å². The smallest absolute Gasteiger partial charge is 0.310 e. The summed E-state index contributed by atoms with van der Waals surface area (Å²) < 4.78 is 28.1. The molecule has 1 amide bonds. The SMILES string of the molecule is CN(C(=O)COC(=O)Cc1c[nH]c2ccccc12)[C@@H]1CCS(=O)(=O)C1. The van der Waals surface area contributed by atoms with Crippen LogP contribution in [-0.2, 0) is 30.6 Å². The third-order valence-corrected chi connectivity index (χ3v) is 6.27. The number of aromatic amines is 1. The Kier molecular flexibility index (Phi) is 4.80. The summed E-state index contributed by atoms with van der Waals surface area (Å²) in [4.78, 5) is 28.6. The van der Waals surface area contributed by atoms with E-state index in [-0.39, 0.29) is 30.6 Å². The first-order valence-corrected chi connectivity index (χ1v) is 9.84. The lowest BCUT2D eigenvalue weighted by atomic mass is 10.1. The monoisotopic (exact) mass is 364 g/mol. The number of carbonyl (C=O) groups is 2. The molecule has 0 spiro atoms. The molecule has 2 aromatic rings. The van der Waals surface area contributed by atoms with E-state index in [1.807, 2.05) is 24.3 Å². The second-order valence-electron chi connectivity index (χ2n) is 6.26. The van der Waals surface area contributed by atoms with Gasteiger partial charge in [-0.05, 0) is 18.1 Å². The number of hydrogen-bond acceptors (Lipinski definition) is 5. The van der Waals surface area contributed by atoms with Crippen LogP contribution in [0.2, 0.25) is 0 Å². The van der Waals surface area contributed by atoms with Crippen LogP contribution >= 0.6 is 0 Å². The van der Waals surface area contributed by atoms with Crippen LogP contribution in [-0.4, -0.2) is 61.4 Å². The molecule has 2 heterocycles. The fourth-order valence-corrected chi connectivity index (χ4v) is 4.79. The zero-order valence-corrected chi connectivity index (χ0v) is 14.7. The van der Waals surface area contributed by atoms with Gasteiger partial charge in [-0.1, -0.05) is 18.2 Å². The average Bonchev–Trinajstić information content (AvgIpc) is 3.15. The van der Waals surface area contributed by atoms with Gasteiger partial charge in [-0.2, -0.15) is 0 Å². The number of sulfone groups is 1. The number of nitrogens with one attached hydrogen (secondary N) is 1. The van der Waals surface area contributed by atoms with Crippen molar-refractivity contribution in [2.24, 2.45) is 0 Å². The van der Waals surface area contributed by atoms with E-state index < -0.39 is 21.7 Å². The highest BCUT2D eigenvalue weighted by Gasteiger charge is 2.32. The van der Waals surface area contributed by atoms with Crippen molar-refractivity contribution >= 4 is 32.6 Å². The van der Waals surface area contributed by atoms with E-state index in [1.165, 1.54) is 4.90 Å². The zero-order valence-electron chi connectivity index (χ0n) is 13.9. The summed E-state index contributed by atoms with van der Waals surface area (Å²) >= 11 is 0. The van der Waals surface area contributed by atoms with Crippen molar-refractivity contribution in [2.45, 2.75) is 18.9 Å². The Morgan fingerprint density at radius 1 is 1.32 bits per heavy atom. The number of rotatable bonds is 5. The number of benzene rings is 1. The molecule has 1 aliphatic heterocycles. The van der Waals surface area contributed by atoms with Crippen molar-refractivity contribution in [1.82, 2.24) is 9.88 Å². The molecule has 8 heteroatoms. The number of carbonyl (C=O) groups excluding carboxylic acids is 2. The molecule has 1 N–H and O–H groups in total. The molecule has 7 nitrogen and oxygen atoms in total. The van der Waals surface area contributed by atoms with Crippen LogP contribution < -0.4 is 0 Å². The van der Waals surface area contributed by atoms with E-state index in [0.717, 1.165) is 16.5 Å². The molecule has 1 atom stereocenters. The Bertz CT molecular complexity index is 903. The van der Waals surface area contributed by atoms with Gasteiger partial charge in [-0.15, -0.1) is 0 Å². The van der Waals surface area contributed by atoms with Gasteiger partial charge in [0.2, 0.25) is 0 Å². The summed E-state index contributed by atoms with van der Waals surface area (Å²) in [7, 11) is -1.52. The zero-order chi connectivity index (χ0) is 18.0. The van der Waals surface area contributed by atoms with Crippen LogP contribution in [0.15, 0.2) is 30.5 Å². The molecule has 3 rings (SSSR count). The fourth-order valence-electron chi connectivity index (χ4n) is 3.01. The number of para-hydroxylation sites is 1. The van der Waals surface area contributed by atoms with Crippen molar-refractivity contribution < 1.29 is 22.7 Å². The van der Waals surface area contributed by atoms with Gasteiger partial charge in [-0.3, -0.25) is 9.59 Å². The lowest BCUT2D eigenvalue weighted by molar-refractivity contribution is -0.151. The molecule has 134 valence electrons. The minimum Gasteiger partial charge on any atom is -0.455 e. The minimum atomic E-state index is -3.07. The maximum Gasteiger partial charge on any atom is 0.310 e. The average molecular weight is 364 g/mol. The summed E-state index contributed by atoms with van der Waals surface area (Å²) in [5, 5.41) is 0.944. The Morgan fingerprint density at radius 2 is 2.08 bits per heavy atom. The molecule has 1 fully saturated rings. The summed E-state index contributed by atoms with van der Waals surface area (Å²) in [5.74, 6) is -0.825. The maximum absolute atomic E-state index is 12.1. The number of fused-ring (bicyclic) bond motifs is 1. The van der Waals surface area contributed by atoms with Gasteiger partial charge in [0.1, 0.15) is 0 Å². The first kappa shape index (κ1) is 17.5. The first-order valence-electron chi connectivity index (χ1n) is 8.02. The van der Waals surface area contributed by atoms with Gasteiger partial charge < -0.3 is 14.6 Å². The number of hydrogen-bond donors (Lipinski definition) is 1. The van der Waals surface area contributed by atoms with Crippen LogP contribution in [0.3, 0.4) is 0 Å². The molecule has 0 radical (unpaired) electrons. The third-order valence-electron chi connectivity index (χ3n) is 4.52. The highest BCUT2D eigenvalue weighted by atomic mass is 32.2. The highest BCUT2D eigenvalue weighted by molar-refractivity contribution is 7.91. The molecule has 1 saturated heterocycles. The molecule has 1 aromatic carbocycles. The number of esters is 1. The summed E-state index contributed by atoms with van der Waals surface area (Å²) in [6, 6.07) is 7.27. The lowest BCUT2D eigenvalue weighted by Gasteiger charge is -2.23. The predicted octanol–water partition coefficient (Wildman–Crippen LogP) is 0.899. The van der Waals surface area contributed by atoms with E-state index in [9.17, 15) is 18.0 Å². The number of nitrogens with zero attached hydrogens (tertiary/aromatic N) is 1. The van der Waals surface area contributed by atoms with Crippen molar-refractivity contribution in [1.29, 1.82) is 0 Å². The second kappa shape index (κ2) is 6.87. The number of H-pyrrole nitrogens is 1. The number of ether oxygens (including phenoxy) is 1. The number of aromatic nitrogens is 1. The van der Waals surface area contributed by atoms with Gasteiger partial charge in [0, 0.05) is 30.2 Å². The van der Waals surface area contributed by atoms with E-state index in [2.05, 4.69) is 4.98 Å². The normalized spacial score (nSPS) is 19.0. The molecule has 25 heavy (non-hydrogen) atoms. The number of amides is 1. The maximum atomic E-state index is 12.1. The van der Waals surface area contributed by atoms with Crippen LogP contribution in [0.4, 0.5) is 0 Å². The van der Waals surface area contributed by atoms with E-state index in [1.54, 1.807) is 13.2 Å². The molecule has 0 bridgehead atoms. The van der Waals surface area contributed by atoms with Gasteiger partial charge in [-0.25, -0.2) is 8.42 Å². The van der Waals surface area contributed by atoms with Crippen LogP contribution in [0.5, 0.6) is 0 Å². The predicted molar refractivity (Wildman–Crippen MR) is 92.8 cm³/mol. The molecular formula is C17H20N2O5S. The standard InChI is InChI=1S/C17H20N2O5S/c1-19(13-6-7-25(22,23)11-13)16(20)10-24-17(21)8-12-9-18-15-5-3-2-4-14(12)15/h2-5,9,13,18H,6-8,10-11H2,1H3/t13-/m1/s1.